The molecule has 3 unspecified atom stereocenters. The lowest BCUT2D eigenvalue weighted by molar-refractivity contribution is 0.117. The van der Waals surface area contributed by atoms with E-state index < -0.39 is 0 Å². The lowest BCUT2D eigenvalue weighted by Gasteiger charge is -2.39. The van der Waals surface area contributed by atoms with Crippen LogP contribution in [-0.4, -0.2) is 49.7 Å². The third-order valence-corrected chi connectivity index (χ3v) is 5.24. The van der Waals surface area contributed by atoms with Crippen LogP contribution in [0.15, 0.2) is 35.3 Å². The van der Waals surface area contributed by atoms with Crippen molar-refractivity contribution in [1.82, 2.24) is 10.2 Å². The number of hydrogen-bond donors (Lipinski definition) is 1. The summed E-state index contributed by atoms with van der Waals surface area (Å²) >= 11 is 0. The summed E-state index contributed by atoms with van der Waals surface area (Å²) in [5.74, 6) is 2.35. The monoisotopic (exact) mass is 329 g/mol. The molecule has 0 spiro atoms. The van der Waals surface area contributed by atoms with Gasteiger partial charge in [-0.2, -0.15) is 0 Å². The zero-order valence-electron chi connectivity index (χ0n) is 15.1. The number of piperidine rings is 1. The highest BCUT2D eigenvalue weighted by Crippen LogP contribution is 2.32. The molecule has 3 rings (SSSR count). The first-order valence-corrected chi connectivity index (χ1v) is 9.47. The van der Waals surface area contributed by atoms with Crippen LogP contribution in [0, 0.1) is 5.92 Å². The molecule has 0 bridgehead atoms. The van der Waals surface area contributed by atoms with Crippen molar-refractivity contribution in [2.45, 2.75) is 45.1 Å². The van der Waals surface area contributed by atoms with Crippen LogP contribution < -0.4 is 5.32 Å². The Hall–Kier alpha value is -1.55. The van der Waals surface area contributed by atoms with E-state index in [1.165, 1.54) is 18.4 Å². The fourth-order valence-electron chi connectivity index (χ4n) is 3.94. The minimum absolute atomic E-state index is 0.318. The molecule has 0 amide bonds. The zero-order chi connectivity index (χ0) is 16.8. The van der Waals surface area contributed by atoms with Gasteiger partial charge in [-0.15, -0.1) is 0 Å². The highest BCUT2D eigenvalue weighted by molar-refractivity contribution is 5.80. The van der Waals surface area contributed by atoms with E-state index in [2.05, 4.69) is 54.4 Å². The van der Waals surface area contributed by atoms with E-state index in [-0.39, 0.29) is 0 Å². The number of hydrogen-bond acceptors (Lipinski definition) is 2. The van der Waals surface area contributed by atoms with E-state index in [1.54, 1.807) is 0 Å². The Morgan fingerprint density at radius 3 is 2.79 bits per heavy atom. The van der Waals surface area contributed by atoms with Gasteiger partial charge in [-0.25, -0.2) is 0 Å². The molecule has 24 heavy (non-hydrogen) atoms. The smallest absolute Gasteiger partial charge is 0.194 e. The van der Waals surface area contributed by atoms with Gasteiger partial charge in [0.1, 0.15) is 0 Å². The number of likely N-dealkylation sites (tertiary alicyclic amines) is 1. The van der Waals surface area contributed by atoms with Crippen LogP contribution in [0.1, 0.15) is 44.6 Å². The Balaban J connectivity index is 1.62. The number of guanidine groups is 1. The Morgan fingerprint density at radius 1 is 1.29 bits per heavy atom. The largest absolute Gasteiger partial charge is 0.376 e. The quantitative estimate of drug-likeness (QED) is 0.680. The molecular formula is C20H31N3O. The maximum Gasteiger partial charge on any atom is 0.194 e. The molecule has 2 heterocycles. The first-order chi connectivity index (χ1) is 11.8. The first kappa shape index (κ1) is 17.3. The molecule has 2 aliphatic heterocycles. The minimum atomic E-state index is 0.318. The van der Waals surface area contributed by atoms with Gasteiger partial charge in [0, 0.05) is 26.2 Å². The molecule has 2 saturated heterocycles. The second kappa shape index (κ2) is 8.52. The molecule has 0 aromatic heterocycles. The van der Waals surface area contributed by atoms with E-state index in [1.807, 2.05) is 0 Å². The molecule has 3 atom stereocenters. The average molecular weight is 329 g/mol. The number of nitrogens with one attached hydrogen (secondary N) is 1. The van der Waals surface area contributed by atoms with Crippen molar-refractivity contribution >= 4 is 5.96 Å². The fourth-order valence-corrected chi connectivity index (χ4v) is 3.94. The van der Waals surface area contributed by atoms with Crippen LogP contribution in [0.5, 0.6) is 0 Å². The molecule has 1 N–H and O–H groups in total. The Labute approximate surface area is 146 Å². The van der Waals surface area contributed by atoms with Gasteiger partial charge in [0.2, 0.25) is 0 Å². The summed E-state index contributed by atoms with van der Waals surface area (Å²) in [6.07, 6.45) is 3.83. The van der Waals surface area contributed by atoms with Crippen molar-refractivity contribution in [1.29, 1.82) is 0 Å². The molecule has 1 aromatic carbocycles. The molecular weight excluding hydrogens is 298 g/mol. The molecule has 0 radical (unpaired) electrons. The number of ether oxygens (including phenoxy) is 1. The highest BCUT2D eigenvalue weighted by atomic mass is 16.5. The van der Waals surface area contributed by atoms with Crippen molar-refractivity contribution < 1.29 is 4.74 Å². The third-order valence-electron chi connectivity index (χ3n) is 5.24. The zero-order valence-corrected chi connectivity index (χ0v) is 15.1. The van der Waals surface area contributed by atoms with E-state index >= 15 is 0 Å². The van der Waals surface area contributed by atoms with Crippen molar-refractivity contribution in [3.8, 4) is 0 Å². The third kappa shape index (κ3) is 4.29. The van der Waals surface area contributed by atoms with Crippen LogP contribution in [-0.2, 0) is 4.74 Å². The van der Waals surface area contributed by atoms with Gasteiger partial charge in [-0.05, 0) is 43.6 Å². The van der Waals surface area contributed by atoms with Crippen LogP contribution in [0.4, 0.5) is 0 Å². The number of nitrogens with zero attached hydrogens (tertiary/aromatic N) is 2. The van der Waals surface area contributed by atoms with Gasteiger partial charge in [0.05, 0.1) is 12.6 Å². The van der Waals surface area contributed by atoms with Gasteiger partial charge in [-0.1, -0.05) is 37.3 Å². The average Bonchev–Trinajstić information content (AvgIpc) is 3.13. The summed E-state index contributed by atoms with van der Waals surface area (Å²) < 4.78 is 5.71. The summed E-state index contributed by atoms with van der Waals surface area (Å²) in [6, 6.07) is 11.0. The van der Waals surface area contributed by atoms with E-state index in [0.717, 1.165) is 45.2 Å². The maximum atomic E-state index is 5.71. The van der Waals surface area contributed by atoms with Crippen LogP contribution in [0.3, 0.4) is 0 Å². The summed E-state index contributed by atoms with van der Waals surface area (Å²) in [5, 5.41) is 3.47. The SMILES string of the molecule is CCNC(=NCC1CCCO1)N1CCC(c2ccccc2)C(C)C1. The second-order valence-electron chi connectivity index (χ2n) is 7.06. The van der Waals surface area contributed by atoms with Crippen LogP contribution in [0.2, 0.25) is 0 Å². The molecule has 1 aromatic rings. The summed E-state index contributed by atoms with van der Waals surface area (Å²) in [7, 11) is 0. The molecule has 2 aliphatic rings. The standard InChI is InChI=1S/C20H31N3O/c1-3-21-20(22-14-18-10-7-13-24-18)23-12-11-19(16(2)15-23)17-8-5-4-6-9-17/h4-6,8-9,16,18-19H,3,7,10-15H2,1-2H3,(H,21,22). The maximum absolute atomic E-state index is 5.71. The Morgan fingerprint density at radius 2 is 2.12 bits per heavy atom. The minimum Gasteiger partial charge on any atom is -0.376 e. The second-order valence-corrected chi connectivity index (χ2v) is 7.06. The molecule has 2 fully saturated rings. The van der Waals surface area contributed by atoms with E-state index in [0.29, 0.717) is 17.9 Å². The van der Waals surface area contributed by atoms with Crippen molar-refractivity contribution in [3.05, 3.63) is 35.9 Å². The highest BCUT2D eigenvalue weighted by Gasteiger charge is 2.28. The molecule has 132 valence electrons. The number of aliphatic imine (C=N–C) groups is 1. The fraction of sp³-hybridized carbons (Fsp3) is 0.650. The van der Waals surface area contributed by atoms with Gasteiger partial charge >= 0.3 is 0 Å². The van der Waals surface area contributed by atoms with Gasteiger partial charge < -0.3 is 15.0 Å². The normalized spacial score (nSPS) is 28.2. The van der Waals surface area contributed by atoms with Crippen LogP contribution >= 0.6 is 0 Å². The summed E-state index contributed by atoms with van der Waals surface area (Å²) in [4.78, 5) is 7.29. The molecule has 4 heteroatoms. The van der Waals surface area contributed by atoms with E-state index in [9.17, 15) is 0 Å². The Kier molecular flexibility index (Phi) is 6.13. The van der Waals surface area contributed by atoms with Gasteiger partial charge in [0.25, 0.3) is 0 Å². The first-order valence-electron chi connectivity index (χ1n) is 9.47. The predicted molar refractivity (Wildman–Crippen MR) is 99.5 cm³/mol. The van der Waals surface area contributed by atoms with Crippen molar-refractivity contribution in [3.63, 3.8) is 0 Å². The van der Waals surface area contributed by atoms with Gasteiger partial charge in [0.15, 0.2) is 5.96 Å². The molecule has 4 nitrogen and oxygen atoms in total. The number of benzene rings is 1. The molecule has 0 saturated carbocycles. The lowest BCUT2D eigenvalue weighted by Crippen LogP contribution is -2.48. The van der Waals surface area contributed by atoms with E-state index in [4.69, 9.17) is 9.73 Å². The van der Waals surface area contributed by atoms with Gasteiger partial charge in [-0.3, -0.25) is 4.99 Å². The lowest BCUT2D eigenvalue weighted by atomic mass is 9.82. The van der Waals surface area contributed by atoms with Crippen LogP contribution in [0.25, 0.3) is 0 Å². The predicted octanol–water partition coefficient (Wildman–Crippen LogP) is 3.26. The summed E-state index contributed by atoms with van der Waals surface area (Å²) in [5.41, 5.74) is 1.48. The van der Waals surface area contributed by atoms with Crippen molar-refractivity contribution in [2.75, 3.05) is 32.8 Å². The number of rotatable bonds is 4. The topological polar surface area (TPSA) is 36.9 Å². The Bertz CT molecular complexity index is 525. The van der Waals surface area contributed by atoms with Crippen molar-refractivity contribution in [2.24, 2.45) is 10.9 Å². The molecule has 0 aliphatic carbocycles. The summed E-state index contributed by atoms with van der Waals surface area (Å²) in [6.45, 7) is 9.25.